The molecule has 0 bridgehead atoms. The second-order valence-corrected chi connectivity index (χ2v) is 4.94. The number of benzene rings is 1. The van der Waals surface area contributed by atoms with E-state index in [1.807, 2.05) is 24.3 Å². The van der Waals surface area contributed by atoms with Crippen LogP contribution in [0.1, 0.15) is 25.8 Å². The van der Waals surface area contributed by atoms with Gasteiger partial charge in [-0.2, -0.15) is 0 Å². The highest BCUT2D eigenvalue weighted by atomic mass is 16.5. The van der Waals surface area contributed by atoms with Gasteiger partial charge in [0.15, 0.2) is 0 Å². The van der Waals surface area contributed by atoms with Gasteiger partial charge in [-0.05, 0) is 38.0 Å². The van der Waals surface area contributed by atoms with E-state index in [-0.39, 0.29) is 12.5 Å². The van der Waals surface area contributed by atoms with Crippen LogP contribution in [0.25, 0.3) is 0 Å². The first-order chi connectivity index (χ1) is 8.40. The van der Waals surface area contributed by atoms with E-state index >= 15 is 0 Å². The van der Waals surface area contributed by atoms with Crippen LogP contribution < -0.4 is 10.1 Å². The zero-order valence-corrected chi connectivity index (χ0v) is 11.2. The molecule has 2 N–H and O–H groups in total. The molecule has 0 saturated carbocycles. The standard InChI is InChI=1S/C14H21NO3/c1-14(2,17)10-15-13(16)8-7-11-5-4-6-12(9-11)18-3/h4-6,9,17H,7-8,10H2,1-3H3,(H,15,16). The Kier molecular flexibility index (Phi) is 5.16. The molecule has 0 atom stereocenters. The van der Waals surface area contributed by atoms with Gasteiger partial charge in [-0.1, -0.05) is 12.1 Å². The van der Waals surface area contributed by atoms with Crippen molar-refractivity contribution >= 4 is 5.91 Å². The van der Waals surface area contributed by atoms with Crippen LogP contribution in [0.5, 0.6) is 5.75 Å². The zero-order valence-electron chi connectivity index (χ0n) is 11.2. The maximum absolute atomic E-state index is 11.6. The van der Waals surface area contributed by atoms with Gasteiger partial charge < -0.3 is 15.2 Å². The summed E-state index contributed by atoms with van der Waals surface area (Å²) in [6.45, 7) is 3.59. The summed E-state index contributed by atoms with van der Waals surface area (Å²) in [5.74, 6) is 0.740. The Bertz CT molecular complexity index is 396. The number of ether oxygens (including phenoxy) is 1. The fourth-order valence-electron chi connectivity index (χ4n) is 1.49. The van der Waals surface area contributed by atoms with E-state index in [1.54, 1.807) is 21.0 Å². The van der Waals surface area contributed by atoms with Crippen LogP contribution >= 0.6 is 0 Å². The molecule has 0 aliphatic heterocycles. The van der Waals surface area contributed by atoms with Gasteiger partial charge >= 0.3 is 0 Å². The van der Waals surface area contributed by atoms with Gasteiger partial charge in [-0.15, -0.1) is 0 Å². The van der Waals surface area contributed by atoms with Crippen molar-refractivity contribution < 1.29 is 14.6 Å². The SMILES string of the molecule is COc1cccc(CCC(=O)NCC(C)(C)O)c1. The molecule has 0 radical (unpaired) electrons. The van der Waals surface area contributed by atoms with Crippen LogP contribution in [0.3, 0.4) is 0 Å². The minimum atomic E-state index is -0.869. The smallest absolute Gasteiger partial charge is 0.220 e. The molecular formula is C14H21NO3. The molecule has 0 aliphatic carbocycles. The Balaban J connectivity index is 2.38. The van der Waals surface area contributed by atoms with E-state index in [0.29, 0.717) is 12.8 Å². The molecular weight excluding hydrogens is 230 g/mol. The fourth-order valence-corrected chi connectivity index (χ4v) is 1.49. The molecule has 0 heterocycles. The quantitative estimate of drug-likeness (QED) is 0.806. The summed E-state index contributed by atoms with van der Waals surface area (Å²) < 4.78 is 5.12. The Morgan fingerprint density at radius 3 is 2.78 bits per heavy atom. The number of nitrogens with one attached hydrogen (secondary N) is 1. The molecule has 4 heteroatoms. The fraction of sp³-hybridized carbons (Fsp3) is 0.500. The lowest BCUT2D eigenvalue weighted by atomic mass is 10.1. The molecule has 4 nitrogen and oxygen atoms in total. The average Bonchev–Trinajstić information content (AvgIpc) is 2.33. The topological polar surface area (TPSA) is 58.6 Å². The number of carbonyl (C=O) groups excluding carboxylic acids is 1. The molecule has 18 heavy (non-hydrogen) atoms. The zero-order chi connectivity index (χ0) is 13.6. The molecule has 0 unspecified atom stereocenters. The van der Waals surface area contributed by atoms with Gasteiger partial charge in [0.2, 0.25) is 5.91 Å². The van der Waals surface area contributed by atoms with Crippen molar-refractivity contribution in [2.45, 2.75) is 32.3 Å². The summed E-state index contributed by atoms with van der Waals surface area (Å²) in [6, 6.07) is 7.66. The van der Waals surface area contributed by atoms with Crippen LogP contribution in [0.15, 0.2) is 24.3 Å². The number of carbonyl (C=O) groups is 1. The van der Waals surface area contributed by atoms with Gasteiger partial charge in [-0.3, -0.25) is 4.79 Å². The second kappa shape index (κ2) is 6.40. The van der Waals surface area contributed by atoms with Gasteiger partial charge in [0.1, 0.15) is 5.75 Å². The number of aryl methyl sites for hydroxylation is 1. The lowest BCUT2D eigenvalue weighted by Crippen LogP contribution is -2.38. The first kappa shape index (κ1) is 14.5. The lowest BCUT2D eigenvalue weighted by Gasteiger charge is -2.17. The van der Waals surface area contributed by atoms with Crippen LogP contribution in [0.2, 0.25) is 0 Å². The van der Waals surface area contributed by atoms with E-state index in [4.69, 9.17) is 4.74 Å². The molecule has 0 saturated heterocycles. The third kappa shape index (κ3) is 5.68. The van der Waals surface area contributed by atoms with E-state index in [1.165, 1.54) is 0 Å². The third-order valence-corrected chi connectivity index (χ3v) is 2.49. The first-order valence-electron chi connectivity index (χ1n) is 6.03. The van der Waals surface area contributed by atoms with E-state index in [0.717, 1.165) is 11.3 Å². The van der Waals surface area contributed by atoms with Crippen molar-refractivity contribution in [3.05, 3.63) is 29.8 Å². The Hall–Kier alpha value is -1.55. The van der Waals surface area contributed by atoms with Crippen molar-refractivity contribution in [1.29, 1.82) is 0 Å². The van der Waals surface area contributed by atoms with Gasteiger partial charge in [0, 0.05) is 13.0 Å². The van der Waals surface area contributed by atoms with Crippen molar-refractivity contribution in [2.24, 2.45) is 0 Å². The highest BCUT2D eigenvalue weighted by molar-refractivity contribution is 5.76. The van der Waals surface area contributed by atoms with Crippen molar-refractivity contribution in [2.75, 3.05) is 13.7 Å². The van der Waals surface area contributed by atoms with Crippen LogP contribution in [0.4, 0.5) is 0 Å². The first-order valence-corrected chi connectivity index (χ1v) is 6.03. The molecule has 0 fully saturated rings. The van der Waals surface area contributed by atoms with Gasteiger partial charge in [-0.25, -0.2) is 0 Å². The van der Waals surface area contributed by atoms with Crippen molar-refractivity contribution in [3.8, 4) is 5.75 Å². The monoisotopic (exact) mass is 251 g/mol. The van der Waals surface area contributed by atoms with Gasteiger partial charge in [0.05, 0.1) is 12.7 Å². The summed E-state index contributed by atoms with van der Waals surface area (Å²) in [5, 5.41) is 12.2. The summed E-state index contributed by atoms with van der Waals surface area (Å²) >= 11 is 0. The molecule has 100 valence electrons. The molecule has 1 aromatic rings. The largest absolute Gasteiger partial charge is 0.497 e. The predicted molar refractivity (Wildman–Crippen MR) is 70.6 cm³/mol. The summed E-state index contributed by atoms with van der Waals surface area (Å²) in [5.41, 5.74) is 0.193. The van der Waals surface area contributed by atoms with Crippen LogP contribution in [0, 0.1) is 0 Å². The minimum Gasteiger partial charge on any atom is -0.497 e. The third-order valence-electron chi connectivity index (χ3n) is 2.49. The van der Waals surface area contributed by atoms with E-state index < -0.39 is 5.60 Å². The molecule has 1 aromatic carbocycles. The second-order valence-electron chi connectivity index (χ2n) is 4.94. The normalized spacial score (nSPS) is 11.1. The summed E-state index contributed by atoms with van der Waals surface area (Å²) in [4.78, 5) is 11.6. The number of methoxy groups -OCH3 is 1. The summed E-state index contributed by atoms with van der Waals surface area (Å²) in [6.07, 6.45) is 1.07. The maximum Gasteiger partial charge on any atom is 0.220 e. The molecule has 0 spiro atoms. The highest BCUT2D eigenvalue weighted by Gasteiger charge is 2.13. The molecule has 0 aromatic heterocycles. The minimum absolute atomic E-state index is 0.0556. The van der Waals surface area contributed by atoms with E-state index in [2.05, 4.69) is 5.32 Å². The maximum atomic E-state index is 11.6. The average molecular weight is 251 g/mol. The van der Waals surface area contributed by atoms with Crippen molar-refractivity contribution in [3.63, 3.8) is 0 Å². The van der Waals surface area contributed by atoms with Crippen molar-refractivity contribution in [1.82, 2.24) is 5.32 Å². The Morgan fingerprint density at radius 1 is 1.44 bits per heavy atom. The van der Waals surface area contributed by atoms with Crippen LogP contribution in [-0.2, 0) is 11.2 Å². The van der Waals surface area contributed by atoms with Crippen LogP contribution in [-0.4, -0.2) is 30.3 Å². The predicted octanol–water partition coefficient (Wildman–Crippen LogP) is 1.51. The van der Waals surface area contributed by atoms with E-state index in [9.17, 15) is 9.90 Å². The molecule has 1 amide bonds. The lowest BCUT2D eigenvalue weighted by molar-refractivity contribution is -0.122. The Morgan fingerprint density at radius 2 is 2.17 bits per heavy atom. The molecule has 0 aliphatic rings. The number of aliphatic hydroxyl groups is 1. The number of rotatable bonds is 6. The highest BCUT2D eigenvalue weighted by Crippen LogP contribution is 2.13. The Labute approximate surface area is 108 Å². The molecule has 1 rings (SSSR count). The number of hydrogen-bond donors (Lipinski definition) is 2. The number of amides is 1. The summed E-state index contributed by atoms with van der Waals surface area (Å²) in [7, 11) is 1.62. The van der Waals surface area contributed by atoms with Gasteiger partial charge in [0.25, 0.3) is 0 Å². The number of hydrogen-bond acceptors (Lipinski definition) is 3.